The van der Waals surface area contributed by atoms with Crippen LogP contribution in [0.25, 0.3) is 0 Å². The Morgan fingerprint density at radius 2 is 2.20 bits per heavy atom. The predicted molar refractivity (Wildman–Crippen MR) is 87.0 cm³/mol. The van der Waals surface area contributed by atoms with Crippen LogP contribution in [-0.2, 0) is 6.42 Å². The zero-order valence-corrected chi connectivity index (χ0v) is 13.8. The SMILES string of the molecule is CCCCN(C)C(=O)c1cc2c(s1)N(CC)CCCC2. The lowest BCUT2D eigenvalue weighted by Crippen LogP contribution is -2.27. The van der Waals surface area contributed by atoms with E-state index in [4.69, 9.17) is 0 Å². The van der Waals surface area contributed by atoms with Gasteiger partial charge in [-0.15, -0.1) is 11.3 Å². The number of aryl methyl sites for hydroxylation is 1. The summed E-state index contributed by atoms with van der Waals surface area (Å²) in [6.45, 7) is 7.38. The normalized spacial score (nSPS) is 14.8. The number of nitrogens with zero attached hydrogens (tertiary/aromatic N) is 2. The van der Waals surface area contributed by atoms with Crippen molar-refractivity contribution < 1.29 is 4.79 Å². The van der Waals surface area contributed by atoms with E-state index in [1.165, 1.54) is 23.4 Å². The number of carbonyl (C=O) groups excluding carboxylic acids is 1. The van der Waals surface area contributed by atoms with Gasteiger partial charge in [0.2, 0.25) is 0 Å². The molecule has 0 spiro atoms. The molecule has 0 saturated carbocycles. The van der Waals surface area contributed by atoms with Crippen LogP contribution in [0.1, 0.15) is 54.8 Å². The van der Waals surface area contributed by atoms with Gasteiger partial charge in [0.25, 0.3) is 5.91 Å². The van der Waals surface area contributed by atoms with Crippen molar-refractivity contribution in [1.29, 1.82) is 0 Å². The quantitative estimate of drug-likeness (QED) is 0.825. The molecule has 1 aliphatic rings. The van der Waals surface area contributed by atoms with Gasteiger partial charge in [0.1, 0.15) is 0 Å². The van der Waals surface area contributed by atoms with Crippen LogP contribution in [0, 0.1) is 0 Å². The second-order valence-corrected chi connectivity index (χ2v) is 6.59. The summed E-state index contributed by atoms with van der Waals surface area (Å²) in [5.41, 5.74) is 1.38. The summed E-state index contributed by atoms with van der Waals surface area (Å²) in [6.07, 6.45) is 5.82. The lowest BCUT2D eigenvalue weighted by atomic mass is 10.1. The van der Waals surface area contributed by atoms with Crippen molar-refractivity contribution in [1.82, 2.24) is 4.90 Å². The Bertz CT molecular complexity index is 455. The van der Waals surface area contributed by atoms with Crippen molar-refractivity contribution in [3.8, 4) is 0 Å². The number of rotatable bonds is 5. The van der Waals surface area contributed by atoms with Crippen molar-refractivity contribution >= 4 is 22.2 Å². The van der Waals surface area contributed by atoms with Gasteiger partial charge in [-0.3, -0.25) is 4.79 Å². The Labute approximate surface area is 126 Å². The summed E-state index contributed by atoms with van der Waals surface area (Å²) >= 11 is 1.69. The maximum atomic E-state index is 12.5. The Hall–Kier alpha value is -1.03. The van der Waals surface area contributed by atoms with Gasteiger partial charge in [-0.25, -0.2) is 0 Å². The van der Waals surface area contributed by atoms with Gasteiger partial charge in [-0.05, 0) is 44.2 Å². The van der Waals surface area contributed by atoms with E-state index in [2.05, 4.69) is 24.8 Å². The predicted octanol–water partition coefficient (Wildman–Crippen LogP) is 3.78. The molecule has 0 aromatic carbocycles. The van der Waals surface area contributed by atoms with Crippen LogP contribution in [0.3, 0.4) is 0 Å². The van der Waals surface area contributed by atoms with Crippen LogP contribution in [0.2, 0.25) is 0 Å². The lowest BCUT2D eigenvalue weighted by Gasteiger charge is -2.20. The molecule has 1 aromatic rings. The molecule has 1 aromatic heterocycles. The van der Waals surface area contributed by atoms with E-state index >= 15 is 0 Å². The highest BCUT2D eigenvalue weighted by Crippen LogP contribution is 2.35. The molecule has 0 bridgehead atoms. The summed E-state index contributed by atoms with van der Waals surface area (Å²) in [6, 6.07) is 2.14. The molecule has 112 valence electrons. The zero-order valence-electron chi connectivity index (χ0n) is 12.9. The number of thiophene rings is 1. The van der Waals surface area contributed by atoms with E-state index in [1.807, 2.05) is 11.9 Å². The number of fused-ring (bicyclic) bond motifs is 1. The van der Waals surface area contributed by atoms with Crippen LogP contribution >= 0.6 is 11.3 Å². The Morgan fingerprint density at radius 1 is 1.40 bits per heavy atom. The fourth-order valence-corrected chi connectivity index (χ4v) is 3.97. The first kappa shape index (κ1) is 15.4. The molecule has 0 fully saturated rings. The van der Waals surface area contributed by atoms with Crippen molar-refractivity contribution in [3.63, 3.8) is 0 Å². The Kier molecular flexibility index (Phi) is 5.46. The van der Waals surface area contributed by atoms with E-state index in [9.17, 15) is 4.79 Å². The van der Waals surface area contributed by atoms with Gasteiger partial charge in [-0.2, -0.15) is 0 Å². The summed E-state index contributed by atoms with van der Waals surface area (Å²) < 4.78 is 0. The second-order valence-electron chi connectivity index (χ2n) is 5.56. The molecule has 1 aliphatic heterocycles. The third-order valence-corrected chi connectivity index (χ3v) is 5.21. The molecule has 0 saturated heterocycles. The summed E-state index contributed by atoms with van der Waals surface area (Å²) in [5.74, 6) is 0.188. The van der Waals surface area contributed by atoms with Crippen molar-refractivity contribution in [2.75, 3.05) is 31.6 Å². The molecule has 3 nitrogen and oxygen atoms in total. The van der Waals surface area contributed by atoms with Crippen molar-refractivity contribution in [3.05, 3.63) is 16.5 Å². The van der Waals surface area contributed by atoms with Gasteiger partial charge < -0.3 is 9.80 Å². The highest BCUT2D eigenvalue weighted by atomic mass is 32.1. The van der Waals surface area contributed by atoms with E-state index in [1.54, 1.807) is 11.3 Å². The van der Waals surface area contributed by atoms with Crippen molar-refractivity contribution in [2.45, 2.75) is 46.0 Å². The Morgan fingerprint density at radius 3 is 2.90 bits per heavy atom. The number of hydrogen-bond acceptors (Lipinski definition) is 3. The molecule has 4 heteroatoms. The van der Waals surface area contributed by atoms with Crippen LogP contribution < -0.4 is 4.90 Å². The lowest BCUT2D eigenvalue weighted by molar-refractivity contribution is 0.0798. The minimum absolute atomic E-state index is 0.188. The highest BCUT2D eigenvalue weighted by Gasteiger charge is 2.21. The highest BCUT2D eigenvalue weighted by molar-refractivity contribution is 7.18. The second kappa shape index (κ2) is 7.11. The molecule has 0 unspecified atom stereocenters. The molecule has 0 aliphatic carbocycles. The first-order valence-electron chi connectivity index (χ1n) is 7.80. The summed E-state index contributed by atoms with van der Waals surface area (Å²) in [5, 5.41) is 1.33. The number of hydrogen-bond donors (Lipinski definition) is 0. The third-order valence-electron chi connectivity index (χ3n) is 3.98. The zero-order chi connectivity index (χ0) is 14.5. The first-order chi connectivity index (χ1) is 9.67. The molecular formula is C16H26N2OS. The molecule has 0 N–H and O–H groups in total. The maximum Gasteiger partial charge on any atom is 0.263 e. The van der Waals surface area contributed by atoms with Gasteiger partial charge >= 0.3 is 0 Å². The average Bonchev–Trinajstić information content (AvgIpc) is 2.79. The van der Waals surface area contributed by atoms with E-state index < -0.39 is 0 Å². The topological polar surface area (TPSA) is 23.6 Å². The van der Waals surface area contributed by atoms with E-state index in [0.29, 0.717) is 0 Å². The fourth-order valence-electron chi connectivity index (χ4n) is 2.68. The average molecular weight is 294 g/mol. The fraction of sp³-hybridized carbons (Fsp3) is 0.688. The van der Waals surface area contributed by atoms with Crippen LogP contribution in [0.4, 0.5) is 5.00 Å². The van der Waals surface area contributed by atoms with Crippen LogP contribution in [0.15, 0.2) is 6.07 Å². The largest absolute Gasteiger partial charge is 0.363 e. The molecule has 0 radical (unpaired) electrons. The van der Waals surface area contributed by atoms with Crippen LogP contribution in [-0.4, -0.2) is 37.5 Å². The number of unbranched alkanes of at least 4 members (excludes halogenated alkanes) is 1. The minimum Gasteiger partial charge on any atom is -0.363 e. The van der Waals surface area contributed by atoms with Gasteiger partial charge in [0, 0.05) is 26.7 Å². The molecule has 20 heavy (non-hydrogen) atoms. The van der Waals surface area contributed by atoms with Crippen LogP contribution in [0.5, 0.6) is 0 Å². The molecule has 2 heterocycles. The Balaban J connectivity index is 2.16. The van der Waals surface area contributed by atoms with E-state index in [0.717, 1.165) is 43.8 Å². The monoisotopic (exact) mass is 294 g/mol. The number of carbonyl (C=O) groups is 1. The number of anilines is 1. The molecule has 0 atom stereocenters. The van der Waals surface area contributed by atoms with Crippen molar-refractivity contribution in [2.24, 2.45) is 0 Å². The molecule has 2 rings (SSSR count). The third kappa shape index (κ3) is 3.35. The molecular weight excluding hydrogens is 268 g/mol. The first-order valence-corrected chi connectivity index (χ1v) is 8.62. The molecule has 1 amide bonds. The summed E-state index contributed by atoms with van der Waals surface area (Å²) in [7, 11) is 1.92. The van der Waals surface area contributed by atoms with Gasteiger partial charge in [0.15, 0.2) is 0 Å². The standard InChI is InChI=1S/C16H26N2OS/c1-4-6-10-17(3)15(19)14-12-13-9-7-8-11-18(5-2)16(13)20-14/h12H,4-11H2,1-3H3. The van der Waals surface area contributed by atoms with Gasteiger partial charge in [-0.1, -0.05) is 13.3 Å². The van der Waals surface area contributed by atoms with Gasteiger partial charge in [0.05, 0.1) is 9.88 Å². The maximum absolute atomic E-state index is 12.5. The smallest absolute Gasteiger partial charge is 0.263 e. The number of amides is 1. The minimum atomic E-state index is 0.188. The summed E-state index contributed by atoms with van der Waals surface area (Å²) in [4.78, 5) is 17.7. The van der Waals surface area contributed by atoms with E-state index in [-0.39, 0.29) is 5.91 Å².